The number of rotatable bonds is 11. The number of hydrogen-bond donors (Lipinski definition) is 4. The van der Waals surface area contributed by atoms with Crippen LogP contribution in [0.15, 0.2) is 28.7 Å². The monoisotopic (exact) mass is 589 g/mol. The maximum absolute atomic E-state index is 13.2. The smallest absolute Gasteiger partial charge is 0.344 e. The Morgan fingerprint density at radius 3 is 2.11 bits per heavy atom. The fourth-order valence-corrected chi connectivity index (χ4v) is 5.56. The summed E-state index contributed by atoms with van der Waals surface area (Å²) in [5.74, 6) is -1.98. The van der Waals surface area contributed by atoms with Crippen LogP contribution in [0.25, 0.3) is 0 Å². The number of imide groups is 1. The van der Waals surface area contributed by atoms with E-state index in [0.717, 1.165) is 4.47 Å². The quantitative estimate of drug-likeness (QED) is 0.225. The number of carbonyl (C=O) groups excluding carboxylic acids is 4. The molecule has 1 aliphatic heterocycles. The Morgan fingerprint density at radius 1 is 1.06 bits per heavy atom. The lowest BCUT2D eigenvalue weighted by molar-refractivity contribution is -0.137. The van der Waals surface area contributed by atoms with Gasteiger partial charge in [0.1, 0.15) is 11.8 Å². The lowest BCUT2D eigenvalue weighted by Crippen LogP contribution is -2.55. The molecule has 0 aliphatic carbocycles. The predicted molar refractivity (Wildman–Crippen MR) is 137 cm³/mol. The minimum Gasteiger partial charge on any atom is -0.344 e. The van der Waals surface area contributed by atoms with E-state index in [-0.39, 0.29) is 0 Å². The summed E-state index contributed by atoms with van der Waals surface area (Å²) >= 11 is 3.29. The zero-order valence-corrected chi connectivity index (χ0v) is 23.6. The normalized spacial score (nSPS) is 18.1. The van der Waals surface area contributed by atoms with Gasteiger partial charge >= 0.3 is 19.7 Å². The van der Waals surface area contributed by atoms with Crippen LogP contribution in [0.5, 0.6) is 0 Å². The van der Waals surface area contributed by atoms with Crippen LogP contribution in [-0.2, 0) is 23.2 Å². The first-order valence-electron chi connectivity index (χ1n) is 11.4. The molecule has 1 heterocycles. The fraction of sp³-hybridized carbons (Fsp3) is 0.545. The van der Waals surface area contributed by atoms with Gasteiger partial charge in [0, 0.05) is 10.2 Å². The molecule has 0 spiro atoms. The first-order valence-corrected chi connectivity index (χ1v) is 13.9. The summed E-state index contributed by atoms with van der Waals surface area (Å²) in [6, 6.07) is 4.98. The Bertz CT molecular complexity index is 1020. The Morgan fingerprint density at radius 2 is 1.61 bits per heavy atom. The average molecular weight is 590 g/mol. The van der Waals surface area contributed by atoms with Crippen molar-refractivity contribution in [2.24, 2.45) is 5.92 Å². The van der Waals surface area contributed by atoms with Crippen molar-refractivity contribution < 1.29 is 32.8 Å². The molecule has 2 rings (SSSR count). The molecular weight excluding hydrogens is 557 g/mol. The molecule has 1 aliphatic rings. The second-order valence-corrected chi connectivity index (χ2v) is 12.0. The summed E-state index contributed by atoms with van der Waals surface area (Å²) in [6.45, 7) is 10.1. The highest BCUT2D eigenvalue weighted by Crippen LogP contribution is 2.49. The molecule has 14 heteroatoms. The molecule has 1 fully saturated rings. The highest BCUT2D eigenvalue weighted by Gasteiger charge is 2.55. The molecule has 36 heavy (non-hydrogen) atoms. The van der Waals surface area contributed by atoms with E-state index in [9.17, 15) is 23.7 Å². The molecule has 1 aromatic rings. The van der Waals surface area contributed by atoms with Gasteiger partial charge in [0.15, 0.2) is 0 Å². The van der Waals surface area contributed by atoms with Crippen molar-refractivity contribution in [3.05, 3.63) is 28.7 Å². The molecule has 0 saturated carbocycles. The minimum absolute atomic E-state index is 0.407. The van der Waals surface area contributed by atoms with Crippen LogP contribution in [0.2, 0.25) is 0 Å². The van der Waals surface area contributed by atoms with E-state index in [1.165, 1.54) is 0 Å². The first kappa shape index (κ1) is 29.8. The highest BCUT2D eigenvalue weighted by atomic mass is 79.9. The van der Waals surface area contributed by atoms with Gasteiger partial charge in [0.05, 0.1) is 18.6 Å². The van der Waals surface area contributed by atoms with Crippen molar-refractivity contribution >= 4 is 53.1 Å². The molecule has 1 saturated heterocycles. The Labute approximate surface area is 218 Å². The lowest BCUT2D eigenvalue weighted by Gasteiger charge is -2.30. The molecule has 4 N–H and O–H groups in total. The topological polar surface area (TPSA) is 155 Å². The highest BCUT2D eigenvalue weighted by molar-refractivity contribution is 9.10. The van der Waals surface area contributed by atoms with Gasteiger partial charge in [-0.3, -0.25) is 14.2 Å². The Kier molecular flexibility index (Phi) is 10.1. The van der Waals surface area contributed by atoms with E-state index in [0.29, 0.717) is 10.7 Å². The third kappa shape index (κ3) is 7.76. The van der Waals surface area contributed by atoms with Crippen molar-refractivity contribution in [1.29, 1.82) is 0 Å². The zero-order chi connectivity index (χ0) is 27.3. The molecule has 0 bridgehead atoms. The van der Waals surface area contributed by atoms with E-state index in [4.69, 9.17) is 9.05 Å². The van der Waals surface area contributed by atoms with Gasteiger partial charge in [-0.1, -0.05) is 29.8 Å². The second-order valence-electron chi connectivity index (χ2n) is 9.12. The predicted octanol–water partition coefficient (Wildman–Crippen LogP) is 3.94. The number of urea groups is 2. The molecule has 0 aromatic heterocycles. The summed E-state index contributed by atoms with van der Waals surface area (Å²) in [5, 5.41) is 8.08. The first-order chi connectivity index (χ1) is 16.7. The van der Waals surface area contributed by atoms with Crippen LogP contribution in [0.4, 0.5) is 15.3 Å². The lowest BCUT2D eigenvalue weighted by atomic mass is 9.83. The standard InChI is InChI=1S/C22H33BrN5O7P/c1-13(2)22(11-18(29)24-12-36(33,34-14(3)4)35-15(5)6)19(30)28(21(32)26-22)27-20(31)25-17-9-7-16(23)8-10-17/h7-10,13-15H,11-12H2,1-6H3,(H,24,29)(H,26,32)(H2,25,27,31). The van der Waals surface area contributed by atoms with E-state index < -0.39 is 67.8 Å². The number of amides is 6. The van der Waals surface area contributed by atoms with Gasteiger partial charge < -0.3 is 25.0 Å². The number of benzene rings is 1. The molecular formula is C22H33BrN5O7P. The third-order valence-electron chi connectivity index (χ3n) is 5.07. The van der Waals surface area contributed by atoms with Crippen LogP contribution in [0.1, 0.15) is 48.0 Å². The fourth-order valence-electron chi connectivity index (χ4n) is 3.45. The van der Waals surface area contributed by atoms with Gasteiger partial charge in [0.25, 0.3) is 5.91 Å². The number of hydrogen-bond acceptors (Lipinski definition) is 7. The Balaban J connectivity index is 2.10. The summed E-state index contributed by atoms with van der Waals surface area (Å²) in [5.41, 5.74) is 1.03. The molecule has 200 valence electrons. The van der Waals surface area contributed by atoms with E-state index in [1.807, 2.05) is 0 Å². The van der Waals surface area contributed by atoms with Crippen LogP contribution in [0.3, 0.4) is 0 Å². The van der Waals surface area contributed by atoms with Crippen LogP contribution in [0, 0.1) is 5.92 Å². The Hall–Kier alpha value is -2.47. The zero-order valence-electron chi connectivity index (χ0n) is 21.1. The van der Waals surface area contributed by atoms with Crippen LogP contribution < -0.4 is 21.4 Å². The van der Waals surface area contributed by atoms with Crippen molar-refractivity contribution in [3.8, 4) is 0 Å². The largest absolute Gasteiger partial charge is 0.350 e. The molecule has 1 unspecified atom stereocenters. The van der Waals surface area contributed by atoms with Crippen molar-refractivity contribution in [2.75, 3.05) is 11.6 Å². The van der Waals surface area contributed by atoms with Crippen molar-refractivity contribution in [2.45, 2.75) is 65.7 Å². The summed E-state index contributed by atoms with van der Waals surface area (Å²) in [6.07, 6.45) is -1.68. The molecule has 6 amide bonds. The molecule has 0 radical (unpaired) electrons. The SMILES string of the molecule is CC(C)OP(=O)(CNC(=O)CC1(C(C)C)NC(=O)N(NC(=O)Nc2ccc(Br)cc2)C1=O)OC(C)C. The minimum atomic E-state index is -3.65. The number of anilines is 1. The van der Waals surface area contributed by atoms with Gasteiger partial charge in [-0.25, -0.2) is 15.0 Å². The maximum Gasteiger partial charge on any atom is 0.350 e. The number of nitrogens with one attached hydrogen (secondary N) is 4. The summed E-state index contributed by atoms with van der Waals surface area (Å²) < 4.78 is 24.6. The molecule has 1 atom stereocenters. The summed E-state index contributed by atoms with van der Waals surface area (Å²) in [7, 11) is -3.65. The van der Waals surface area contributed by atoms with Crippen molar-refractivity contribution in [3.63, 3.8) is 0 Å². The maximum atomic E-state index is 13.2. The summed E-state index contributed by atoms with van der Waals surface area (Å²) in [4.78, 5) is 51.1. The van der Waals surface area contributed by atoms with E-state index in [2.05, 4.69) is 37.3 Å². The number of carbonyl (C=O) groups is 4. The average Bonchev–Trinajstić information content (AvgIpc) is 2.98. The van der Waals surface area contributed by atoms with E-state index >= 15 is 0 Å². The van der Waals surface area contributed by atoms with Crippen molar-refractivity contribution in [1.82, 2.24) is 21.1 Å². The van der Waals surface area contributed by atoms with Gasteiger partial charge in [-0.2, -0.15) is 5.01 Å². The number of hydrazine groups is 1. The van der Waals surface area contributed by atoms with E-state index in [1.54, 1.807) is 65.8 Å². The molecule has 1 aromatic carbocycles. The molecule has 12 nitrogen and oxygen atoms in total. The van der Waals surface area contributed by atoms with Gasteiger partial charge in [-0.15, -0.1) is 0 Å². The third-order valence-corrected chi connectivity index (χ3v) is 7.63. The number of halogens is 1. The van der Waals surface area contributed by atoms with Gasteiger partial charge in [-0.05, 0) is 57.9 Å². The van der Waals surface area contributed by atoms with Gasteiger partial charge in [0.2, 0.25) is 5.91 Å². The van der Waals surface area contributed by atoms with Crippen LogP contribution in [-0.4, -0.2) is 52.9 Å². The van der Waals surface area contributed by atoms with Crippen LogP contribution >= 0.6 is 23.5 Å². The number of nitrogens with zero attached hydrogens (tertiary/aromatic N) is 1. The second kappa shape index (κ2) is 12.2.